The van der Waals surface area contributed by atoms with Gasteiger partial charge in [-0.1, -0.05) is 26.0 Å². The Hall–Kier alpha value is -0.960. The molecule has 0 aromatic rings. The number of rotatable bonds is 0. The van der Waals surface area contributed by atoms with Gasteiger partial charge in [0.2, 0.25) is 0 Å². The van der Waals surface area contributed by atoms with Crippen molar-refractivity contribution in [1.29, 1.82) is 0 Å². The molecule has 19 heavy (non-hydrogen) atoms. The quantitative estimate of drug-likeness (QED) is 0.681. The molecule has 4 atom stereocenters. The van der Waals surface area contributed by atoms with E-state index >= 15 is 0 Å². The molecule has 3 nitrogen and oxygen atoms in total. The van der Waals surface area contributed by atoms with Crippen molar-refractivity contribution in [2.75, 3.05) is 0 Å². The van der Waals surface area contributed by atoms with Crippen LogP contribution in [-0.2, 0) is 9.59 Å². The van der Waals surface area contributed by atoms with Crippen molar-refractivity contribution < 1.29 is 14.7 Å². The topological polar surface area (TPSA) is 54.4 Å². The van der Waals surface area contributed by atoms with Gasteiger partial charge in [-0.15, -0.1) is 0 Å². The maximum Gasteiger partial charge on any atom is 0.137 e. The minimum Gasteiger partial charge on any atom is -0.386 e. The zero-order valence-electron chi connectivity index (χ0n) is 11.9. The second-order valence-corrected chi connectivity index (χ2v) is 7.53. The number of aliphatic hydroxyl groups is 1. The van der Waals surface area contributed by atoms with Crippen LogP contribution >= 0.6 is 0 Å². The van der Waals surface area contributed by atoms with Crippen LogP contribution in [-0.4, -0.2) is 22.3 Å². The molecule has 1 N–H and O–H groups in total. The molecule has 0 saturated heterocycles. The monoisotopic (exact) mass is 262 g/mol. The lowest BCUT2D eigenvalue weighted by Gasteiger charge is -2.59. The van der Waals surface area contributed by atoms with Crippen molar-refractivity contribution in [3.63, 3.8) is 0 Å². The van der Waals surface area contributed by atoms with E-state index in [0.717, 1.165) is 6.42 Å². The minimum atomic E-state index is -0.885. The van der Waals surface area contributed by atoms with Crippen molar-refractivity contribution in [1.82, 2.24) is 0 Å². The van der Waals surface area contributed by atoms with Gasteiger partial charge in [0.25, 0.3) is 0 Å². The molecule has 0 aromatic heterocycles. The van der Waals surface area contributed by atoms with Crippen LogP contribution < -0.4 is 0 Å². The molecular weight excluding hydrogens is 240 g/mol. The molecule has 104 valence electrons. The SMILES string of the molecule is CC1(C)CC(=O)C[C@@H]2C(=O)C[C@@H]3C[C@]21C=C[C@]3(C)O. The molecular formula is C16H22O3. The van der Waals surface area contributed by atoms with Crippen molar-refractivity contribution in [3.8, 4) is 0 Å². The summed E-state index contributed by atoms with van der Waals surface area (Å²) < 4.78 is 0. The number of fused-ring (bicyclic) bond motifs is 1. The van der Waals surface area contributed by atoms with Gasteiger partial charge in [0, 0.05) is 30.6 Å². The van der Waals surface area contributed by atoms with Crippen LogP contribution in [0.4, 0.5) is 0 Å². The van der Waals surface area contributed by atoms with Gasteiger partial charge in [-0.05, 0) is 24.7 Å². The summed E-state index contributed by atoms with van der Waals surface area (Å²) >= 11 is 0. The van der Waals surface area contributed by atoms with Crippen molar-refractivity contribution in [2.45, 2.75) is 52.1 Å². The molecule has 2 fully saturated rings. The molecule has 0 heterocycles. The van der Waals surface area contributed by atoms with Crippen LogP contribution in [0.25, 0.3) is 0 Å². The van der Waals surface area contributed by atoms with Gasteiger partial charge in [-0.2, -0.15) is 0 Å². The molecule has 3 aliphatic carbocycles. The number of hydrogen-bond acceptors (Lipinski definition) is 3. The van der Waals surface area contributed by atoms with E-state index in [9.17, 15) is 14.7 Å². The molecule has 3 heteroatoms. The third kappa shape index (κ3) is 1.60. The van der Waals surface area contributed by atoms with E-state index in [1.165, 1.54) is 0 Å². The van der Waals surface area contributed by atoms with Gasteiger partial charge in [-0.3, -0.25) is 9.59 Å². The second kappa shape index (κ2) is 3.57. The summed E-state index contributed by atoms with van der Waals surface area (Å²) in [5, 5.41) is 10.4. The maximum absolute atomic E-state index is 12.5. The third-order valence-corrected chi connectivity index (χ3v) is 5.92. The first kappa shape index (κ1) is 13.0. The van der Waals surface area contributed by atoms with Crippen molar-refractivity contribution in [2.24, 2.45) is 22.7 Å². The molecule has 3 rings (SSSR count). The molecule has 0 radical (unpaired) electrons. The summed E-state index contributed by atoms with van der Waals surface area (Å²) in [6.45, 7) is 5.98. The fourth-order valence-corrected chi connectivity index (χ4v) is 4.57. The number of allylic oxidation sites excluding steroid dienone is 1. The number of carbonyl (C=O) groups excluding carboxylic acids is 2. The van der Waals surface area contributed by atoms with Gasteiger partial charge in [-0.25, -0.2) is 0 Å². The summed E-state index contributed by atoms with van der Waals surface area (Å²) in [5.74, 6) is 0.196. The zero-order chi connectivity index (χ0) is 14.1. The number of ketones is 2. The third-order valence-electron chi connectivity index (χ3n) is 5.92. The lowest BCUT2D eigenvalue weighted by Crippen LogP contribution is -2.59. The van der Waals surface area contributed by atoms with E-state index in [1.54, 1.807) is 6.92 Å². The predicted octanol–water partition coefficient (Wildman–Crippen LogP) is 2.28. The number of hydrogen-bond donors (Lipinski definition) is 1. The summed E-state index contributed by atoms with van der Waals surface area (Å²) in [6.07, 6.45) is 6.09. The highest BCUT2D eigenvalue weighted by atomic mass is 16.3. The van der Waals surface area contributed by atoms with E-state index in [0.29, 0.717) is 19.3 Å². The first-order valence-electron chi connectivity index (χ1n) is 7.15. The minimum absolute atomic E-state index is 0.00581. The van der Waals surface area contributed by atoms with Crippen LogP contribution in [0.15, 0.2) is 12.2 Å². The smallest absolute Gasteiger partial charge is 0.137 e. The number of carbonyl (C=O) groups is 2. The molecule has 0 aromatic carbocycles. The highest BCUT2D eigenvalue weighted by Gasteiger charge is 2.61. The summed E-state index contributed by atoms with van der Waals surface area (Å²) in [4.78, 5) is 24.4. The van der Waals surface area contributed by atoms with E-state index in [4.69, 9.17) is 0 Å². The predicted molar refractivity (Wildman–Crippen MR) is 71.4 cm³/mol. The Morgan fingerprint density at radius 3 is 2.53 bits per heavy atom. The van der Waals surface area contributed by atoms with Gasteiger partial charge in [0.05, 0.1) is 5.60 Å². The Bertz CT molecular complexity index is 486. The van der Waals surface area contributed by atoms with Crippen LogP contribution in [0.1, 0.15) is 46.5 Å². The lowest BCUT2D eigenvalue weighted by molar-refractivity contribution is -0.158. The van der Waals surface area contributed by atoms with Gasteiger partial charge in [0.1, 0.15) is 11.6 Å². The average molecular weight is 262 g/mol. The zero-order valence-corrected chi connectivity index (χ0v) is 11.9. The Kier molecular flexibility index (Phi) is 2.45. The van der Waals surface area contributed by atoms with E-state index < -0.39 is 5.60 Å². The van der Waals surface area contributed by atoms with Gasteiger partial charge < -0.3 is 5.11 Å². The van der Waals surface area contributed by atoms with Crippen LogP contribution in [0.3, 0.4) is 0 Å². The van der Waals surface area contributed by atoms with Crippen LogP contribution in [0, 0.1) is 22.7 Å². The molecule has 0 unspecified atom stereocenters. The lowest BCUT2D eigenvalue weighted by atomic mass is 9.44. The molecule has 0 aliphatic heterocycles. The fourth-order valence-electron chi connectivity index (χ4n) is 4.57. The maximum atomic E-state index is 12.5. The Morgan fingerprint density at radius 2 is 1.84 bits per heavy atom. The Labute approximate surface area is 114 Å². The van der Waals surface area contributed by atoms with Crippen LogP contribution in [0.2, 0.25) is 0 Å². The molecule has 1 spiro atoms. The first-order valence-corrected chi connectivity index (χ1v) is 7.15. The Morgan fingerprint density at radius 1 is 1.16 bits per heavy atom. The summed E-state index contributed by atoms with van der Waals surface area (Å²) in [5.41, 5.74) is -1.32. The number of Topliss-reactive ketones (excluding diaryl/α,β-unsaturated/α-hetero) is 2. The van der Waals surface area contributed by atoms with Crippen LogP contribution in [0.5, 0.6) is 0 Å². The standard InChI is InChI=1S/C16H22O3/c1-14(2)9-11(17)7-12-13(18)6-10-8-16(12,14)5-4-15(10,3)19/h4-5,10,12,19H,6-9H2,1-3H3/t10-,12-,15+,16-/m1/s1. The van der Waals surface area contributed by atoms with Crippen molar-refractivity contribution >= 4 is 11.6 Å². The Balaban J connectivity index is 2.14. The highest BCUT2D eigenvalue weighted by Crippen LogP contribution is 2.63. The van der Waals surface area contributed by atoms with E-state index in [2.05, 4.69) is 19.9 Å². The molecule has 0 amide bonds. The normalized spacial score (nSPS) is 48.0. The highest BCUT2D eigenvalue weighted by molar-refractivity contribution is 5.92. The fraction of sp³-hybridized carbons (Fsp3) is 0.750. The molecule has 3 aliphatic rings. The molecule has 2 bridgehead atoms. The summed E-state index contributed by atoms with van der Waals surface area (Å²) in [6, 6.07) is 0. The van der Waals surface area contributed by atoms with E-state index in [1.807, 2.05) is 6.08 Å². The molecule has 2 saturated carbocycles. The summed E-state index contributed by atoms with van der Waals surface area (Å²) in [7, 11) is 0. The van der Waals surface area contributed by atoms with Gasteiger partial charge in [0.15, 0.2) is 0 Å². The average Bonchev–Trinajstić information content (AvgIpc) is 2.26. The van der Waals surface area contributed by atoms with Crippen molar-refractivity contribution in [3.05, 3.63) is 12.2 Å². The largest absolute Gasteiger partial charge is 0.386 e. The second-order valence-electron chi connectivity index (χ2n) is 7.53. The van der Waals surface area contributed by atoms with Gasteiger partial charge >= 0.3 is 0 Å². The van der Waals surface area contributed by atoms with E-state index in [-0.39, 0.29) is 34.2 Å². The first-order chi connectivity index (χ1) is 8.68.